The summed E-state index contributed by atoms with van der Waals surface area (Å²) >= 11 is 10.8. The molecular weight excluding hydrogens is 375 g/mol. The molecule has 0 saturated carbocycles. The van der Waals surface area contributed by atoms with Gasteiger partial charge in [-0.15, -0.1) is 0 Å². The van der Waals surface area contributed by atoms with Gasteiger partial charge in [0.1, 0.15) is 5.70 Å². The number of rotatable bonds is 2. The number of nitrogens with zero attached hydrogens (tertiary/aromatic N) is 1. The lowest BCUT2D eigenvalue weighted by molar-refractivity contribution is -0.137. The number of halogens is 4. The first-order valence-corrected chi connectivity index (χ1v) is 7.70. The van der Waals surface area contributed by atoms with Crippen LogP contribution in [0.3, 0.4) is 0 Å². The van der Waals surface area contributed by atoms with Crippen LogP contribution < -0.4 is 10.6 Å². The highest BCUT2D eigenvalue weighted by Gasteiger charge is 2.31. The minimum atomic E-state index is -4.50. The summed E-state index contributed by atoms with van der Waals surface area (Å²) in [6.07, 6.45) is -2.16. The summed E-state index contributed by atoms with van der Waals surface area (Å²) in [6.45, 7) is 0. The van der Waals surface area contributed by atoms with E-state index >= 15 is 0 Å². The minimum absolute atomic E-state index is 0.0943. The van der Waals surface area contributed by atoms with Crippen molar-refractivity contribution in [3.8, 4) is 11.3 Å². The van der Waals surface area contributed by atoms with Crippen molar-refractivity contribution in [3.63, 3.8) is 0 Å². The smallest absolute Gasteiger partial charge is 0.328 e. The number of aromatic nitrogens is 1. The first kappa shape index (κ1) is 17.4. The van der Waals surface area contributed by atoms with E-state index in [1.807, 2.05) is 0 Å². The van der Waals surface area contributed by atoms with Crippen LogP contribution in [0.2, 0.25) is 5.02 Å². The van der Waals surface area contributed by atoms with Gasteiger partial charge in [-0.3, -0.25) is 15.1 Å². The van der Waals surface area contributed by atoms with Crippen LogP contribution >= 0.6 is 23.8 Å². The molecule has 0 unspecified atom stereocenters. The molecule has 0 bridgehead atoms. The molecule has 0 aliphatic carbocycles. The Labute approximate surface area is 150 Å². The highest BCUT2D eigenvalue weighted by molar-refractivity contribution is 7.80. The van der Waals surface area contributed by atoms with Gasteiger partial charge in [-0.05, 0) is 29.9 Å². The molecule has 1 amide bonds. The average molecular weight is 384 g/mol. The van der Waals surface area contributed by atoms with Crippen molar-refractivity contribution in [1.82, 2.24) is 15.6 Å². The molecule has 2 aromatic rings. The molecule has 1 aromatic heterocycles. The van der Waals surface area contributed by atoms with E-state index < -0.39 is 11.7 Å². The summed E-state index contributed by atoms with van der Waals surface area (Å²) < 4.78 is 38.0. The Morgan fingerprint density at radius 1 is 1.16 bits per heavy atom. The molecule has 3 rings (SSSR count). The van der Waals surface area contributed by atoms with Crippen molar-refractivity contribution in [3.05, 3.63) is 58.4 Å². The number of hydrogen-bond donors (Lipinski definition) is 2. The van der Waals surface area contributed by atoms with Gasteiger partial charge in [-0.2, -0.15) is 13.2 Å². The number of benzene rings is 1. The Hall–Kier alpha value is -2.45. The number of carbonyl (C=O) groups is 1. The van der Waals surface area contributed by atoms with Crippen LogP contribution in [0.15, 0.2) is 42.2 Å². The van der Waals surface area contributed by atoms with Crippen LogP contribution in [0.5, 0.6) is 0 Å². The molecule has 1 aliphatic heterocycles. The molecule has 1 saturated heterocycles. The van der Waals surface area contributed by atoms with E-state index in [0.29, 0.717) is 16.8 Å². The average Bonchev–Trinajstić information content (AvgIpc) is 2.85. The van der Waals surface area contributed by atoms with Crippen molar-refractivity contribution in [2.45, 2.75) is 6.18 Å². The monoisotopic (exact) mass is 383 g/mol. The lowest BCUT2D eigenvalue weighted by atomic mass is 10.1. The van der Waals surface area contributed by atoms with E-state index in [1.54, 1.807) is 30.3 Å². The van der Waals surface area contributed by atoms with E-state index in [0.717, 1.165) is 12.3 Å². The van der Waals surface area contributed by atoms with Gasteiger partial charge in [0.25, 0.3) is 5.91 Å². The molecule has 0 atom stereocenters. The molecule has 128 valence electrons. The first-order chi connectivity index (χ1) is 11.7. The van der Waals surface area contributed by atoms with Gasteiger partial charge in [-0.1, -0.05) is 35.9 Å². The van der Waals surface area contributed by atoms with Crippen LogP contribution in [0.4, 0.5) is 13.2 Å². The summed E-state index contributed by atoms with van der Waals surface area (Å²) in [5.41, 5.74) is 0.904. The first-order valence-electron chi connectivity index (χ1n) is 6.91. The predicted molar refractivity (Wildman–Crippen MR) is 91.5 cm³/mol. The second kappa shape index (κ2) is 6.45. The fraction of sp³-hybridized carbons (Fsp3) is 0.0625. The SMILES string of the molecule is O=C1NC(=S)NC1=Cc1ccc(-c2ncc(C(F)(F)F)cc2Cl)cc1. The van der Waals surface area contributed by atoms with Crippen LogP contribution in [0, 0.1) is 0 Å². The largest absolute Gasteiger partial charge is 0.417 e. The van der Waals surface area contributed by atoms with Crippen LogP contribution in [0.25, 0.3) is 17.3 Å². The molecule has 4 nitrogen and oxygen atoms in total. The van der Waals surface area contributed by atoms with Gasteiger partial charge in [0.05, 0.1) is 16.3 Å². The summed E-state index contributed by atoms with van der Waals surface area (Å²) in [4.78, 5) is 15.4. The third-order valence-electron chi connectivity index (χ3n) is 3.38. The molecule has 2 heterocycles. The molecule has 0 radical (unpaired) electrons. The zero-order valence-corrected chi connectivity index (χ0v) is 13.9. The number of hydrogen-bond acceptors (Lipinski definition) is 3. The van der Waals surface area contributed by atoms with Crippen molar-refractivity contribution in [2.75, 3.05) is 0 Å². The number of amides is 1. The fourth-order valence-electron chi connectivity index (χ4n) is 2.19. The predicted octanol–water partition coefficient (Wildman–Crippen LogP) is 3.77. The van der Waals surface area contributed by atoms with Gasteiger partial charge >= 0.3 is 6.18 Å². The van der Waals surface area contributed by atoms with Crippen LogP contribution in [-0.4, -0.2) is 16.0 Å². The number of nitrogens with one attached hydrogen (secondary N) is 2. The molecule has 0 spiro atoms. The molecule has 1 aliphatic rings. The summed E-state index contributed by atoms with van der Waals surface area (Å²) in [6, 6.07) is 7.52. The maximum Gasteiger partial charge on any atom is 0.417 e. The zero-order chi connectivity index (χ0) is 18.2. The third-order valence-corrected chi connectivity index (χ3v) is 3.88. The van der Waals surface area contributed by atoms with Gasteiger partial charge < -0.3 is 5.32 Å². The Balaban J connectivity index is 1.87. The van der Waals surface area contributed by atoms with Gasteiger partial charge in [0.2, 0.25) is 0 Å². The number of carbonyl (C=O) groups excluding carboxylic acids is 1. The fourth-order valence-corrected chi connectivity index (χ4v) is 2.67. The number of thiocarbonyl (C=S) groups is 1. The summed E-state index contributed by atoms with van der Waals surface area (Å²) in [5.74, 6) is -0.332. The maximum atomic E-state index is 12.7. The van der Waals surface area contributed by atoms with Gasteiger partial charge in [0, 0.05) is 11.8 Å². The topological polar surface area (TPSA) is 54.0 Å². The summed E-state index contributed by atoms with van der Waals surface area (Å²) in [5, 5.41) is 5.30. The third kappa shape index (κ3) is 3.80. The second-order valence-corrected chi connectivity index (χ2v) is 5.96. The zero-order valence-electron chi connectivity index (χ0n) is 12.3. The maximum absolute atomic E-state index is 12.7. The molecule has 25 heavy (non-hydrogen) atoms. The molecule has 9 heteroatoms. The van der Waals surface area contributed by atoms with Crippen molar-refractivity contribution < 1.29 is 18.0 Å². The van der Waals surface area contributed by atoms with E-state index in [-0.39, 0.29) is 21.7 Å². The normalized spacial score (nSPS) is 16.1. The van der Waals surface area contributed by atoms with E-state index in [2.05, 4.69) is 15.6 Å². The molecule has 2 N–H and O–H groups in total. The highest BCUT2D eigenvalue weighted by atomic mass is 35.5. The lowest BCUT2D eigenvalue weighted by Crippen LogP contribution is -2.21. The Bertz CT molecular complexity index is 894. The van der Waals surface area contributed by atoms with Gasteiger partial charge in [0.15, 0.2) is 5.11 Å². The van der Waals surface area contributed by atoms with Crippen LogP contribution in [0.1, 0.15) is 11.1 Å². The Morgan fingerprint density at radius 3 is 2.36 bits per heavy atom. The minimum Gasteiger partial charge on any atom is -0.328 e. The van der Waals surface area contributed by atoms with Crippen molar-refractivity contribution >= 4 is 40.9 Å². The summed E-state index contributed by atoms with van der Waals surface area (Å²) in [7, 11) is 0. The Morgan fingerprint density at radius 2 is 1.84 bits per heavy atom. The van der Waals surface area contributed by atoms with Crippen molar-refractivity contribution in [1.29, 1.82) is 0 Å². The quantitative estimate of drug-likeness (QED) is 0.612. The molecule has 1 fully saturated rings. The van der Waals surface area contributed by atoms with Gasteiger partial charge in [-0.25, -0.2) is 0 Å². The standard InChI is InChI=1S/C16H9ClF3N3OS/c17-11-6-10(16(18,19)20)7-21-13(11)9-3-1-8(2-4-9)5-12-14(24)23-15(25)22-12/h1-7H,(H2,22,23,24,25). The van der Waals surface area contributed by atoms with E-state index in [9.17, 15) is 18.0 Å². The molecule has 1 aromatic carbocycles. The van der Waals surface area contributed by atoms with Crippen molar-refractivity contribution in [2.24, 2.45) is 0 Å². The lowest BCUT2D eigenvalue weighted by Gasteiger charge is -2.09. The highest BCUT2D eigenvalue weighted by Crippen LogP contribution is 2.34. The van der Waals surface area contributed by atoms with Crippen LogP contribution in [-0.2, 0) is 11.0 Å². The Kier molecular flexibility index (Phi) is 4.49. The number of pyridine rings is 1. The van der Waals surface area contributed by atoms with E-state index in [1.165, 1.54) is 0 Å². The number of alkyl halides is 3. The molecular formula is C16H9ClF3N3OS. The van der Waals surface area contributed by atoms with E-state index in [4.69, 9.17) is 23.8 Å². The second-order valence-electron chi connectivity index (χ2n) is 5.14.